The minimum Gasteiger partial charge on any atom is -0.319 e. The quantitative estimate of drug-likeness (QED) is 0.673. The highest BCUT2D eigenvalue weighted by Gasteiger charge is 2.26. The summed E-state index contributed by atoms with van der Waals surface area (Å²) in [5.41, 5.74) is 1.62. The molecule has 0 bridgehead atoms. The van der Waals surface area contributed by atoms with E-state index < -0.39 is 10.0 Å². The number of piperidine rings is 1. The van der Waals surface area contributed by atoms with Crippen molar-refractivity contribution < 1.29 is 13.2 Å². The molecule has 0 saturated carbocycles. The molecule has 0 N–H and O–H groups in total. The molecule has 1 aliphatic rings. The SMILES string of the molecule is CCn1c(SCCC(C)=O)nc2cc(S(=O)(=O)N3CCCCC3)ccc21. The van der Waals surface area contributed by atoms with E-state index >= 15 is 0 Å². The number of rotatable bonds is 7. The Bertz CT molecular complexity index is 900. The molecule has 1 aromatic heterocycles. The van der Waals surface area contributed by atoms with Gasteiger partial charge in [0.2, 0.25) is 10.0 Å². The molecule has 1 aromatic carbocycles. The van der Waals surface area contributed by atoms with Gasteiger partial charge < -0.3 is 4.57 Å². The predicted octanol–water partition coefficient (Wildman–Crippen LogP) is 3.30. The summed E-state index contributed by atoms with van der Waals surface area (Å²) < 4.78 is 29.4. The van der Waals surface area contributed by atoms with Crippen molar-refractivity contribution in [1.82, 2.24) is 13.9 Å². The number of aryl methyl sites for hydroxylation is 1. The average Bonchev–Trinajstić information content (AvgIpc) is 2.98. The van der Waals surface area contributed by atoms with Gasteiger partial charge in [0.25, 0.3) is 0 Å². The van der Waals surface area contributed by atoms with E-state index in [4.69, 9.17) is 0 Å². The fourth-order valence-electron chi connectivity index (χ4n) is 3.20. The van der Waals surface area contributed by atoms with E-state index in [1.165, 1.54) is 11.8 Å². The maximum absolute atomic E-state index is 12.9. The van der Waals surface area contributed by atoms with E-state index in [1.807, 2.05) is 13.0 Å². The molecule has 26 heavy (non-hydrogen) atoms. The lowest BCUT2D eigenvalue weighted by atomic mass is 10.2. The summed E-state index contributed by atoms with van der Waals surface area (Å²) in [5.74, 6) is 0.837. The van der Waals surface area contributed by atoms with Crippen LogP contribution in [0.5, 0.6) is 0 Å². The number of hydrogen-bond acceptors (Lipinski definition) is 5. The first-order valence-corrected chi connectivity index (χ1v) is 11.5. The maximum atomic E-state index is 12.9. The summed E-state index contributed by atoms with van der Waals surface area (Å²) >= 11 is 1.54. The first kappa shape index (κ1) is 19.4. The Labute approximate surface area is 159 Å². The number of aromatic nitrogens is 2. The molecular weight excluding hydrogens is 370 g/mol. The van der Waals surface area contributed by atoms with Gasteiger partial charge in [0, 0.05) is 31.8 Å². The van der Waals surface area contributed by atoms with E-state index in [9.17, 15) is 13.2 Å². The van der Waals surface area contributed by atoms with Crippen molar-refractivity contribution in [3.8, 4) is 0 Å². The van der Waals surface area contributed by atoms with E-state index in [-0.39, 0.29) is 5.78 Å². The highest BCUT2D eigenvalue weighted by molar-refractivity contribution is 7.99. The monoisotopic (exact) mass is 395 g/mol. The van der Waals surface area contributed by atoms with Crippen molar-refractivity contribution in [3.05, 3.63) is 18.2 Å². The second-order valence-corrected chi connectivity index (χ2v) is 9.55. The zero-order chi connectivity index (χ0) is 18.7. The normalized spacial score (nSPS) is 16.2. The van der Waals surface area contributed by atoms with Gasteiger partial charge in [0.05, 0.1) is 15.9 Å². The highest BCUT2D eigenvalue weighted by atomic mass is 32.2. The number of hydrogen-bond donors (Lipinski definition) is 0. The molecule has 2 heterocycles. The number of benzene rings is 1. The number of thioether (sulfide) groups is 1. The molecule has 0 amide bonds. The second kappa shape index (κ2) is 8.10. The Balaban J connectivity index is 1.91. The lowest BCUT2D eigenvalue weighted by molar-refractivity contribution is -0.116. The first-order chi connectivity index (χ1) is 12.4. The van der Waals surface area contributed by atoms with Crippen molar-refractivity contribution in [3.63, 3.8) is 0 Å². The molecule has 1 saturated heterocycles. The number of imidazole rings is 1. The van der Waals surface area contributed by atoms with Gasteiger partial charge in [-0.25, -0.2) is 13.4 Å². The van der Waals surface area contributed by atoms with E-state index in [1.54, 1.807) is 23.4 Å². The largest absolute Gasteiger partial charge is 0.319 e. The molecule has 8 heteroatoms. The van der Waals surface area contributed by atoms with Gasteiger partial charge in [0.1, 0.15) is 5.78 Å². The summed E-state index contributed by atoms with van der Waals surface area (Å²) in [6.45, 7) is 5.55. The van der Waals surface area contributed by atoms with Crippen LogP contribution in [0.4, 0.5) is 0 Å². The standard InChI is InChI=1S/C18H25N3O3S2/c1-3-21-17-8-7-15(26(23,24)20-10-5-4-6-11-20)13-16(17)19-18(21)25-12-9-14(2)22/h7-8,13H,3-6,9-12H2,1-2H3. The second-order valence-electron chi connectivity index (χ2n) is 6.55. The van der Waals surface area contributed by atoms with Crippen LogP contribution in [-0.4, -0.2) is 46.9 Å². The fraction of sp³-hybridized carbons (Fsp3) is 0.556. The molecule has 0 aliphatic carbocycles. The number of fused-ring (bicyclic) bond motifs is 1. The number of carbonyl (C=O) groups is 1. The van der Waals surface area contributed by atoms with E-state index in [2.05, 4.69) is 9.55 Å². The summed E-state index contributed by atoms with van der Waals surface area (Å²) in [6, 6.07) is 5.21. The number of ketones is 1. The van der Waals surface area contributed by atoms with E-state index in [0.717, 1.165) is 36.5 Å². The van der Waals surface area contributed by atoms with Gasteiger partial charge in [-0.2, -0.15) is 4.31 Å². The summed E-state index contributed by atoms with van der Waals surface area (Å²) in [5, 5.41) is 0.830. The third-order valence-electron chi connectivity index (χ3n) is 4.64. The lowest BCUT2D eigenvalue weighted by Crippen LogP contribution is -2.35. The molecule has 0 spiro atoms. The zero-order valence-electron chi connectivity index (χ0n) is 15.3. The van der Waals surface area contributed by atoms with Crippen molar-refractivity contribution in [2.75, 3.05) is 18.8 Å². The van der Waals surface area contributed by atoms with Gasteiger partial charge in [-0.3, -0.25) is 4.79 Å². The Kier molecular flexibility index (Phi) is 6.04. The molecule has 1 fully saturated rings. The van der Waals surface area contributed by atoms with Crippen LogP contribution in [-0.2, 0) is 21.4 Å². The molecule has 142 valence electrons. The Morgan fingerprint density at radius 3 is 2.62 bits per heavy atom. The van der Waals surface area contributed by atoms with Crippen molar-refractivity contribution in [2.24, 2.45) is 0 Å². The summed E-state index contributed by atoms with van der Waals surface area (Å²) in [7, 11) is -3.46. The van der Waals surface area contributed by atoms with Gasteiger partial charge in [-0.1, -0.05) is 18.2 Å². The topological polar surface area (TPSA) is 72.3 Å². The van der Waals surface area contributed by atoms with Crippen LogP contribution < -0.4 is 0 Å². The lowest BCUT2D eigenvalue weighted by Gasteiger charge is -2.25. The molecule has 6 nitrogen and oxygen atoms in total. The third-order valence-corrected chi connectivity index (χ3v) is 7.51. The zero-order valence-corrected chi connectivity index (χ0v) is 16.9. The number of Topliss-reactive ketones (excluding diaryl/α,β-unsaturated/α-hetero) is 1. The molecule has 0 atom stereocenters. The van der Waals surface area contributed by atoms with Crippen LogP contribution in [0.1, 0.15) is 39.5 Å². The first-order valence-electron chi connectivity index (χ1n) is 9.06. The maximum Gasteiger partial charge on any atom is 0.243 e. The Morgan fingerprint density at radius 1 is 1.23 bits per heavy atom. The third kappa shape index (κ3) is 3.97. The molecular formula is C18H25N3O3S2. The van der Waals surface area contributed by atoms with Gasteiger partial charge in [-0.15, -0.1) is 0 Å². The predicted molar refractivity (Wildman–Crippen MR) is 104 cm³/mol. The van der Waals surface area contributed by atoms with Gasteiger partial charge in [-0.05, 0) is 44.9 Å². The minimum absolute atomic E-state index is 0.159. The van der Waals surface area contributed by atoms with Crippen molar-refractivity contribution in [2.45, 2.75) is 56.1 Å². The van der Waals surface area contributed by atoms with Crippen molar-refractivity contribution in [1.29, 1.82) is 0 Å². The average molecular weight is 396 g/mol. The van der Waals surface area contributed by atoms with Gasteiger partial charge >= 0.3 is 0 Å². The van der Waals surface area contributed by atoms with Crippen LogP contribution in [0.25, 0.3) is 11.0 Å². The van der Waals surface area contributed by atoms with E-state index in [0.29, 0.717) is 35.7 Å². The smallest absolute Gasteiger partial charge is 0.243 e. The molecule has 3 rings (SSSR count). The van der Waals surface area contributed by atoms with Crippen LogP contribution >= 0.6 is 11.8 Å². The number of nitrogens with zero attached hydrogens (tertiary/aromatic N) is 3. The minimum atomic E-state index is -3.46. The molecule has 1 aliphatic heterocycles. The number of sulfonamides is 1. The fourth-order valence-corrected chi connectivity index (χ4v) is 5.86. The van der Waals surface area contributed by atoms with Crippen LogP contribution in [0.15, 0.2) is 28.3 Å². The highest BCUT2D eigenvalue weighted by Crippen LogP contribution is 2.28. The molecule has 2 aromatic rings. The Morgan fingerprint density at radius 2 is 1.96 bits per heavy atom. The Hall–Kier alpha value is -1.38. The van der Waals surface area contributed by atoms with Crippen LogP contribution in [0.3, 0.4) is 0 Å². The van der Waals surface area contributed by atoms with Crippen LogP contribution in [0.2, 0.25) is 0 Å². The van der Waals surface area contributed by atoms with Crippen molar-refractivity contribution >= 4 is 38.6 Å². The summed E-state index contributed by atoms with van der Waals surface area (Å²) in [6.07, 6.45) is 3.44. The van der Waals surface area contributed by atoms with Gasteiger partial charge in [0.15, 0.2) is 5.16 Å². The number of carbonyl (C=O) groups excluding carboxylic acids is 1. The summed E-state index contributed by atoms with van der Waals surface area (Å²) in [4.78, 5) is 16.1. The molecule has 0 radical (unpaired) electrons. The van der Waals surface area contributed by atoms with Crippen LogP contribution in [0, 0.1) is 0 Å². The molecule has 0 unspecified atom stereocenters.